The van der Waals surface area contributed by atoms with E-state index in [9.17, 15) is 0 Å². The van der Waals surface area contributed by atoms with Crippen molar-refractivity contribution in [1.29, 1.82) is 0 Å². The summed E-state index contributed by atoms with van der Waals surface area (Å²) in [5.41, 5.74) is 3.61. The molecule has 0 aliphatic heterocycles. The normalized spacial score (nSPS) is 11.5. The Hall–Kier alpha value is -2.50. The predicted octanol–water partition coefficient (Wildman–Crippen LogP) is 2.70. The molecular weight excluding hydrogens is 326 g/mol. The van der Waals surface area contributed by atoms with Gasteiger partial charge in [0, 0.05) is 32.4 Å². The number of benzene rings is 1. The molecule has 0 saturated carbocycles. The van der Waals surface area contributed by atoms with Crippen LogP contribution in [0.1, 0.15) is 29.8 Å². The molecule has 1 aromatic carbocycles. The van der Waals surface area contributed by atoms with Gasteiger partial charge in [-0.1, -0.05) is 12.1 Å². The summed E-state index contributed by atoms with van der Waals surface area (Å²) in [4.78, 5) is 4.28. The minimum Gasteiger partial charge on any atom is -0.497 e. The lowest BCUT2D eigenvalue weighted by Crippen LogP contribution is -2.38. The highest BCUT2D eigenvalue weighted by Crippen LogP contribution is 2.12. The lowest BCUT2D eigenvalue weighted by atomic mass is 10.1. The van der Waals surface area contributed by atoms with Gasteiger partial charge in [0.2, 0.25) is 0 Å². The summed E-state index contributed by atoms with van der Waals surface area (Å²) in [5, 5.41) is 11.2. The van der Waals surface area contributed by atoms with Gasteiger partial charge in [-0.3, -0.25) is 9.67 Å². The standard InChI is InChI=1S/C20H31N5O/c1-16-15-17(2)25(24-16)14-6-13-23-20(21-3)22-12-5-7-18-8-10-19(26-4)11-9-18/h8-11,15H,5-7,12-14H2,1-4H3,(H2,21,22,23). The third-order valence-corrected chi connectivity index (χ3v) is 4.26. The highest BCUT2D eigenvalue weighted by molar-refractivity contribution is 5.79. The van der Waals surface area contributed by atoms with Crippen LogP contribution in [0.4, 0.5) is 0 Å². The quantitative estimate of drug-likeness (QED) is 0.411. The van der Waals surface area contributed by atoms with Gasteiger partial charge in [0.25, 0.3) is 0 Å². The second-order valence-electron chi connectivity index (χ2n) is 6.38. The number of guanidine groups is 1. The Morgan fingerprint density at radius 1 is 1.12 bits per heavy atom. The topological polar surface area (TPSA) is 63.5 Å². The molecule has 0 fully saturated rings. The first kappa shape index (κ1) is 19.8. The molecule has 1 heterocycles. The van der Waals surface area contributed by atoms with Crippen molar-refractivity contribution in [2.45, 2.75) is 39.7 Å². The first-order valence-corrected chi connectivity index (χ1v) is 9.21. The van der Waals surface area contributed by atoms with Crippen LogP contribution in [0.5, 0.6) is 5.75 Å². The zero-order valence-electron chi connectivity index (χ0n) is 16.4. The number of rotatable bonds is 9. The van der Waals surface area contributed by atoms with Crippen molar-refractivity contribution in [3.63, 3.8) is 0 Å². The average molecular weight is 358 g/mol. The Kier molecular flexibility index (Phi) is 7.99. The molecule has 2 aromatic rings. The summed E-state index contributed by atoms with van der Waals surface area (Å²) in [6.45, 7) is 6.80. The van der Waals surface area contributed by atoms with E-state index in [-0.39, 0.29) is 0 Å². The monoisotopic (exact) mass is 357 g/mol. The van der Waals surface area contributed by atoms with Crippen LogP contribution in [0.15, 0.2) is 35.3 Å². The number of nitrogens with zero attached hydrogens (tertiary/aromatic N) is 3. The molecule has 1 aromatic heterocycles. The Morgan fingerprint density at radius 3 is 2.38 bits per heavy atom. The van der Waals surface area contributed by atoms with Crippen LogP contribution in [0.3, 0.4) is 0 Å². The fourth-order valence-corrected chi connectivity index (χ4v) is 2.85. The maximum absolute atomic E-state index is 5.18. The van der Waals surface area contributed by atoms with Crippen molar-refractivity contribution in [3.05, 3.63) is 47.3 Å². The Morgan fingerprint density at radius 2 is 1.81 bits per heavy atom. The van der Waals surface area contributed by atoms with Crippen LogP contribution in [-0.2, 0) is 13.0 Å². The summed E-state index contributed by atoms with van der Waals surface area (Å²) in [6.07, 6.45) is 3.10. The summed E-state index contributed by atoms with van der Waals surface area (Å²) in [6, 6.07) is 10.4. The molecule has 0 spiro atoms. The number of aryl methyl sites for hydroxylation is 4. The number of hydrogen-bond donors (Lipinski definition) is 2. The van der Waals surface area contributed by atoms with E-state index in [2.05, 4.69) is 50.5 Å². The van der Waals surface area contributed by atoms with E-state index in [1.807, 2.05) is 19.1 Å². The van der Waals surface area contributed by atoms with Gasteiger partial charge >= 0.3 is 0 Å². The molecule has 6 heteroatoms. The predicted molar refractivity (Wildman–Crippen MR) is 107 cm³/mol. The Bertz CT molecular complexity index is 691. The molecule has 2 N–H and O–H groups in total. The van der Waals surface area contributed by atoms with E-state index < -0.39 is 0 Å². The van der Waals surface area contributed by atoms with Crippen molar-refractivity contribution in [3.8, 4) is 5.75 Å². The van der Waals surface area contributed by atoms with E-state index in [0.29, 0.717) is 0 Å². The van der Waals surface area contributed by atoms with Gasteiger partial charge in [-0.05, 0) is 56.9 Å². The van der Waals surface area contributed by atoms with Gasteiger partial charge in [0.05, 0.1) is 12.8 Å². The average Bonchev–Trinajstić information content (AvgIpc) is 2.98. The van der Waals surface area contributed by atoms with E-state index in [4.69, 9.17) is 4.74 Å². The SMILES string of the molecule is CN=C(NCCCc1ccc(OC)cc1)NCCCn1nc(C)cc1C. The minimum atomic E-state index is 0.855. The van der Waals surface area contributed by atoms with Crippen LogP contribution in [-0.4, -0.2) is 43.0 Å². The van der Waals surface area contributed by atoms with Gasteiger partial charge < -0.3 is 15.4 Å². The molecule has 26 heavy (non-hydrogen) atoms. The van der Waals surface area contributed by atoms with Crippen LogP contribution in [0.2, 0.25) is 0 Å². The minimum absolute atomic E-state index is 0.855. The molecule has 142 valence electrons. The second kappa shape index (κ2) is 10.5. The summed E-state index contributed by atoms with van der Waals surface area (Å²) in [7, 11) is 3.49. The molecule has 0 saturated heterocycles. The van der Waals surface area contributed by atoms with E-state index in [1.54, 1.807) is 14.2 Å². The van der Waals surface area contributed by atoms with Gasteiger partial charge in [0.15, 0.2) is 5.96 Å². The third kappa shape index (κ3) is 6.43. The van der Waals surface area contributed by atoms with Crippen LogP contribution >= 0.6 is 0 Å². The zero-order chi connectivity index (χ0) is 18.8. The molecule has 0 aliphatic carbocycles. The third-order valence-electron chi connectivity index (χ3n) is 4.26. The van der Waals surface area contributed by atoms with Crippen molar-refractivity contribution in [1.82, 2.24) is 20.4 Å². The molecule has 2 rings (SSSR count). The number of methoxy groups -OCH3 is 1. The second-order valence-corrected chi connectivity index (χ2v) is 6.38. The Balaban J connectivity index is 1.60. The highest BCUT2D eigenvalue weighted by atomic mass is 16.5. The van der Waals surface area contributed by atoms with Gasteiger partial charge in [-0.2, -0.15) is 5.10 Å². The lowest BCUT2D eigenvalue weighted by molar-refractivity contribution is 0.414. The van der Waals surface area contributed by atoms with E-state index in [1.165, 1.54) is 11.3 Å². The Labute approximate surface area is 156 Å². The first-order chi connectivity index (χ1) is 12.6. The molecule has 0 aliphatic rings. The maximum Gasteiger partial charge on any atom is 0.190 e. The summed E-state index contributed by atoms with van der Waals surface area (Å²) >= 11 is 0. The number of nitrogens with one attached hydrogen (secondary N) is 2. The van der Waals surface area contributed by atoms with Gasteiger partial charge in [-0.25, -0.2) is 0 Å². The molecule has 0 unspecified atom stereocenters. The van der Waals surface area contributed by atoms with E-state index >= 15 is 0 Å². The summed E-state index contributed by atoms with van der Waals surface area (Å²) in [5.74, 6) is 1.75. The van der Waals surface area contributed by atoms with Crippen LogP contribution in [0.25, 0.3) is 0 Å². The van der Waals surface area contributed by atoms with Crippen molar-refractivity contribution in [2.24, 2.45) is 4.99 Å². The fraction of sp³-hybridized carbons (Fsp3) is 0.500. The van der Waals surface area contributed by atoms with E-state index in [0.717, 1.165) is 56.3 Å². The first-order valence-electron chi connectivity index (χ1n) is 9.21. The summed E-state index contributed by atoms with van der Waals surface area (Å²) < 4.78 is 7.24. The number of aliphatic imine (C=N–C) groups is 1. The molecular formula is C20H31N5O. The fourth-order valence-electron chi connectivity index (χ4n) is 2.85. The molecule has 0 radical (unpaired) electrons. The van der Waals surface area contributed by atoms with Crippen molar-refractivity contribution >= 4 is 5.96 Å². The van der Waals surface area contributed by atoms with Crippen molar-refractivity contribution < 1.29 is 4.74 Å². The number of hydrogen-bond acceptors (Lipinski definition) is 3. The maximum atomic E-state index is 5.18. The molecule has 0 atom stereocenters. The van der Waals surface area contributed by atoms with Crippen LogP contribution in [0, 0.1) is 13.8 Å². The lowest BCUT2D eigenvalue weighted by Gasteiger charge is -2.12. The number of aromatic nitrogens is 2. The molecule has 0 amide bonds. The zero-order valence-corrected chi connectivity index (χ0v) is 16.4. The smallest absolute Gasteiger partial charge is 0.190 e. The highest BCUT2D eigenvalue weighted by Gasteiger charge is 2.01. The van der Waals surface area contributed by atoms with Crippen molar-refractivity contribution in [2.75, 3.05) is 27.2 Å². The van der Waals surface area contributed by atoms with Gasteiger partial charge in [-0.15, -0.1) is 0 Å². The molecule has 0 bridgehead atoms. The van der Waals surface area contributed by atoms with Crippen LogP contribution < -0.4 is 15.4 Å². The number of ether oxygens (including phenoxy) is 1. The largest absolute Gasteiger partial charge is 0.497 e. The molecule has 6 nitrogen and oxygen atoms in total. The van der Waals surface area contributed by atoms with Gasteiger partial charge in [0.1, 0.15) is 5.75 Å².